The lowest BCUT2D eigenvalue weighted by atomic mass is 10.0. The maximum Gasteiger partial charge on any atom is 0.129 e. The quantitative estimate of drug-likeness (QED) is 0.809. The predicted molar refractivity (Wildman–Crippen MR) is 65.0 cm³/mol. The number of hydrogen-bond acceptors (Lipinski definition) is 1. The van der Waals surface area contributed by atoms with Crippen LogP contribution < -0.4 is 5.73 Å². The molecule has 0 radical (unpaired) electrons. The van der Waals surface area contributed by atoms with Crippen molar-refractivity contribution in [1.82, 2.24) is 0 Å². The second-order valence-corrected chi connectivity index (χ2v) is 3.87. The van der Waals surface area contributed by atoms with Gasteiger partial charge in [-0.3, -0.25) is 0 Å². The van der Waals surface area contributed by atoms with Crippen molar-refractivity contribution in [3.05, 3.63) is 46.8 Å². The molecule has 0 aliphatic carbocycles. The zero-order chi connectivity index (χ0) is 10.7. The first-order valence-corrected chi connectivity index (χ1v) is 4.73. The summed E-state index contributed by atoms with van der Waals surface area (Å²) in [6, 6.07) is 4.18. The summed E-state index contributed by atoms with van der Waals surface area (Å²) in [4.78, 5) is 0. The number of hydrogen-bond donors (Lipinski definition) is 1. The molecule has 1 aromatic rings. The van der Waals surface area contributed by atoms with Crippen molar-refractivity contribution in [3.63, 3.8) is 0 Å². The molecule has 15 heavy (non-hydrogen) atoms. The summed E-state index contributed by atoms with van der Waals surface area (Å²) >= 11 is 5.63. The zero-order valence-electron chi connectivity index (χ0n) is 8.47. The highest BCUT2D eigenvalue weighted by atomic mass is 35.5. The summed E-state index contributed by atoms with van der Waals surface area (Å²) in [5, 5.41) is 0.383. The molecule has 1 nitrogen and oxygen atoms in total. The number of nitrogens with two attached hydrogens (primary N) is 1. The highest BCUT2D eigenvalue weighted by Crippen LogP contribution is 2.23. The summed E-state index contributed by atoms with van der Waals surface area (Å²) in [5.74, 6) is -0.355. The van der Waals surface area contributed by atoms with Crippen molar-refractivity contribution in [3.8, 4) is 0 Å². The van der Waals surface area contributed by atoms with Gasteiger partial charge >= 0.3 is 0 Å². The molecule has 1 rings (SSSR count). The Labute approximate surface area is 101 Å². The van der Waals surface area contributed by atoms with Crippen molar-refractivity contribution in [2.75, 3.05) is 0 Å². The van der Waals surface area contributed by atoms with Gasteiger partial charge in [0.25, 0.3) is 0 Å². The van der Waals surface area contributed by atoms with Crippen LogP contribution >= 0.6 is 24.0 Å². The summed E-state index contributed by atoms with van der Waals surface area (Å²) in [6.45, 7) is 5.61. The van der Waals surface area contributed by atoms with Crippen LogP contribution in [0.4, 0.5) is 4.39 Å². The molecule has 0 unspecified atom stereocenters. The first-order chi connectivity index (χ1) is 6.50. The maximum absolute atomic E-state index is 13.4. The van der Waals surface area contributed by atoms with E-state index >= 15 is 0 Å². The molecule has 0 amide bonds. The van der Waals surface area contributed by atoms with Gasteiger partial charge in [0.1, 0.15) is 5.82 Å². The van der Waals surface area contributed by atoms with E-state index in [1.807, 2.05) is 6.92 Å². The van der Waals surface area contributed by atoms with Gasteiger partial charge in [0.15, 0.2) is 0 Å². The Hall–Kier alpha value is -0.570. The predicted octanol–water partition coefficient (Wildman–Crippen LogP) is 3.87. The highest BCUT2D eigenvalue weighted by Gasteiger charge is 2.11. The third-order valence-electron chi connectivity index (χ3n) is 1.93. The smallest absolute Gasteiger partial charge is 0.129 e. The molecule has 84 valence electrons. The van der Waals surface area contributed by atoms with Crippen LogP contribution in [0.2, 0.25) is 5.02 Å². The van der Waals surface area contributed by atoms with Crippen molar-refractivity contribution in [2.24, 2.45) is 5.73 Å². The Morgan fingerprint density at radius 3 is 2.67 bits per heavy atom. The van der Waals surface area contributed by atoms with E-state index in [0.29, 0.717) is 17.0 Å². The van der Waals surface area contributed by atoms with Gasteiger partial charge in [-0.05, 0) is 25.5 Å². The monoisotopic (exact) mass is 249 g/mol. The first kappa shape index (κ1) is 14.4. The van der Waals surface area contributed by atoms with Gasteiger partial charge in [-0.2, -0.15) is 0 Å². The van der Waals surface area contributed by atoms with E-state index in [0.717, 1.165) is 5.57 Å². The van der Waals surface area contributed by atoms with Gasteiger partial charge in [-0.1, -0.05) is 23.2 Å². The summed E-state index contributed by atoms with van der Waals surface area (Å²) in [6.07, 6.45) is 0.582. The third kappa shape index (κ3) is 4.20. The normalized spacial score (nSPS) is 11.7. The van der Waals surface area contributed by atoms with E-state index in [9.17, 15) is 4.39 Å². The number of rotatable bonds is 3. The Kier molecular flexibility index (Phi) is 5.88. The lowest BCUT2D eigenvalue weighted by Gasteiger charge is -2.12. The van der Waals surface area contributed by atoms with Gasteiger partial charge in [-0.15, -0.1) is 19.0 Å². The molecular formula is C11H14Cl2FN. The SMILES string of the molecule is C=C(C)C[C@@H](N)c1ccc(Cl)cc1F.Cl. The van der Waals surface area contributed by atoms with E-state index in [2.05, 4.69) is 6.58 Å². The molecule has 2 N–H and O–H groups in total. The summed E-state index contributed by atoms with van der Waals surface area (Å²) < 4.78 is 13.4. The van der Waals surface area contributed by atoms with Crippen LogP contribution in [0.5, 0.6) is 0 Å². The van der Waals surface area contributed by atoms with E-state index in [1.165, 1.54) is 6.07 Å². The zero-order valence-corrected chi connectivity index (χ0v) is 10.0. The van der Waals surface area contributed by atoms with Crippen molar-refractivity contribution >= 4 is 24.0 Å². The second kappa shape index (κ2) is 6.11. The molecule has 0 saturated carbocycles. The molecule has 0 aliphatic heterocycles. The second-order valence-electron chi connectivity index (χ2n) is 3.43. The van der Waals surface area contributed by atoms with Gasteiger partial charge in [0.05, 0.1) is 0 Å². The lowest BCUT2D eigenvalue weighted by Crippen LogP contribution is -2.12. The molecule has 0 bridgehead atoms. The maximum atomic E-state index is 13.4. The molecule has 0 aromatic heterocycles. The molecule has 0 heterocycles. The van der Waals surface area contributed by atoms with E-state index in [-0.39, 0.29) is 24.3 Å². The topological polar surface area (TPSA) is 26.0 Å². The van der Waals surface area contributed by atoms with Crippen LogP contribution in [-0.2, 0) is 0 Å². The average Bonchev–Trinajstić information content (AvgIpc) is 2.01. The summed E-state index contributed by atoms with van der Waals surface area (Å²) in [7, 11) is 0. The molecule has 0 spiro atoms. The largest absolute Gasteiger partial charge is 0.324 e. The van der Waals surface area contributed by atoms with Crippen LogP contribution in [0.1, 0.15) is 24.9 Å². The van der Waals surface area contributed by atoms with Gasteiger partial charge in [0.2, 0.25) is 0 Å². The molecule has 1 aromatic carbocycles. The molecule has 1 atom stereocenters. The van der Waals surface area contributed by atoms with Crippen molar-refractivity contribution in [2.45, 2.75) is 19.4 Å². The van der Waals surface area contributed by atoms with Gasteiger partial charge in [-0.25, -0.2) is 4.39 Å². The van der Waals surface area contributed by atoms with Gasteiger partial charge in [0, 0.05) is 16.6 Å². The molecule has 0 aliphatic rings. The molecular weight excluding hydrogens is 236 g/mol. The van der Waals surface area contributed by atoms with E-state index in [4.69, 9.17) is 17.3 Å². The molecule has 4 heteroatoms. The van der Waals surface area contributed by atoms with Crippen molar-refractivity contribution in [1.29, 1.82) is 0 Å². The fraction of sp³-hybridized carbons (Fsp3) is 0.273. The van der Waals surface area contributed by atoms with Crippen molar-refractivity contribution < 1.29 is 4.39 Å². The molecule has 0 fully saturated rings. The fourth-order valence-corrected chi connectivity index (χ4v) is 1.45. The standard InChI is InChI=1S/C11H13ClFN.ClH/c1-7(2)5-11(14)9-4-3-8(12)6-10(9)13;/h3-4,6,11H,1,5,14H2,2H3;1H/t11-;/m1./s1. The van der Waals surface area contributed by atoms with Crippen LogP contribution in [0.15, 0.2) is 30.4 Å². The highest BCUT2D eigenvalue weighted by molar-refractivity contribution is 6.30. The number of halogens is 3. The van der Waals surface area contributed by atoms with E-state index in [1.54, 1.807) is 12.1 Å². The fourth-order valence-electron chi connectivity index (χ4n) is 1.29. The third-order valence-corrected chi connectivity index (χ3v) is 2.17. The lowest BCUT2D eigenvalue weighted by molar-refractivity contribution is 0.580. The van der Waals surface area contributed by atoms with Crippen LogP contribution in [0.3, 0.4) is 0 Å². The minimum absolute atomic E-state index is 0. The minimum Gasteiger partial charge on any atom is -0.324 e. The minimum atomic E-state index is -0.355. The molecule has 0 saturated heterocycles. The van der Waals surface area contributed by atoms with Crippen LogP contribution in [0.25, 0.3) is 0 Å². The van der Waals surface area contributed by atoms with Gasteiger partial charge < -0.3 is 5.73 Å². The Bertz CT molecular complexity index is 352. The Morgan fingerprint density at radius 2 is 2.20 bits per heavy atom. The van der Waals surface area contributed by atoms with Crippen LogP contribution in [0, 0.1) is 5.82 Å². The Balaban J connectivity index is 0.00000196. The summed E-state index contributed by atoms with van der Waals surface area (Å²) in [5.41, 5.74) is 7.22. The number of benzene rings is 1. The first-order valence-electron chi connectivity index (χ1n) is 4.35. The van der Waals surface area contributed by atoms with E-state index < -0.39 is 0 Å². The van der Waals surface area contributed by atoms with Crippen LogP contribution in [-0.4, -0.2) is 0 Å². The average molecular weight is 250 g/mol. The Morgan fingerprint density at radius 1 is 1.60 bits per heavy atom.